The zero-order chi connectivity index (χ0) is 15.3. The first-order valence-electron chi connectivity index (χ1n) is 9.40. The number of hydrogen-bond acceptors (Lipinski definition) is 1. The van der Waals surface area contributed by atoms with E-state index in [-0.39, 0.29) is 5.60 Å². The minimum Gasteiger partial charge on any atom is -0.390 e. The monoisotopic (exact) mass is 290 g/mol. The second-order valence-corrected chi connectivity index (χ2v) is 10.2. The molecule has 120 valence electrons. The molecule has 1 spiro atoms. The van der Waals surface area contributed by atoms with Gasteiger partial charge in [-0.05, 0) is 91.8 Å². The van der Waals surface area contributed by atoms with Gasteiger partial charge in [-0.3, -0.25) is 0 Å². The van der Waals surface area contributed by atoms with Crippen LogP contribution in [-0.2, 0) is 0 Å². The molecular weight excluding hydrogens is 256 g/mol. The lowest BCUT2D eigenvalue weighted by atomic mass is 9.46. The molecule has 0 aromatic carbocycles. The summed E-state index contributed by atoms with van der Waals surface area (Å²) in [6.45, 7) is 12.2. The minimum atomic E-state index is -0.381. The highest BCUT2D eigenvalue weighted by molar-refractivity contribution is 5.27. The third-order valence-corrected chi connectivity index (χ3v) is 9.11. The molecule has 0 aliphatic heterocycles. The normalized spacial score (nSPS) is 62.1. The molecule has 0 aromatic heterocycles. The van der Waals surface area contributed by atoms with Gasteiger partial charge in [-0.2, -0.15) is 0 Å². The van der Waals surface area contributed by atoms with Gasteiger partial charge in [0.05, 0.1) is 5.60 Å². The summed E-state index contributed by atoms with van der Waals surface area (Å²) in [6.07, 6.45) is 9.33. The SMILES string of the molecule is CC(C)[C@H]1CC[C@H]2C34CC3[C@](C)(O)CC[C@]4(C)CC[C@]12C. The zero-order valence-electron chi connectivity index (χ0n) is 14.7. The van der Waals surface area contributed by atoms with Gasteiger partial charge in [0.25, 0.3) is 0 Å². The van der Waals surface area contributed by atoms with Crippen molar-refractivity contribution in [3.63, 3.8) is 0 Å². The van der Waals surface area contributed by atoms with Crippen LogP contribution in [0.25, 0.3) is 0 Å². The second-order valence-electron chi connectivity index (χ2n) is 10.2. The lowest BCUT2D eigenvalue weighted by molar-refractivity contribution is -0.135. The summed E-state index contributed by atoms with van der Waals surface area (Å²) in [5, 5.41) is 10.9. The highest BCUT2D eigenvalue weighted by Crippen LogP contribution is 2.83. The summed E-state index contributed by atoms with van der Waals surface area (Å²) in [4.78, 5) is 0. The van der Waals surface area contributed by atoms with Crippen LogP contribution in [0, 0.1) is 39.9 Å². The average molecular weight is 290 g/mol. The molecule has 1 heteroatoms. The van der Waals surface area contributed by atoms with Crippen LogP contribution < -0.4 is 0 Å². The molecule has 4 aliphatic carbocycles. The van der Waals surface area contributed by atoms with E-state index in [1.165, 1.54) is 38.5 Å². The predicted molar refractivity (Wildman–Crippen MR) is 86.9 cm³/mol. The molecule has 0 radical (unpaired) electrons. The fraction of sp³-hybridized carbons (Fsp3) is 1.00. The van der Waals surface area contributed by atoms with Crippen LogP contribution in [-0.4, -0.2) is 10.7 Å². The Hall–Kier alpha value is -0.0400. The summed E-state index contributed by atoms with van der Waals surface area (Å²) in [5.41, 5.74) is 1.19. The highest BCUT2D eigenvalue weighted by Gasteiger charge is 2.78. The Morgan fingerprint density at radius 1 is 0.905 bits per heavy atom. The second kappa shape index (κ2) is 3.89. The quantitative estimate of drug-likeness (QED) is 0.718. The first-order valence-corrected chi connectivity index (χ1v) is 9.40. The smallest absolute Gasteiger partial charge is 0.0653 e. The third kappa shape index (κ3) is 1.53. The Morgan fingerprint density at radius 2 is 1.57 bits per heavy atom. The largest absolute Gasteiger partial charge is 0.390 e. The Morgan fingerprint density at radius 3 is 2.24 bits per heavy atom. The van der Waals surface area contributed by atoms with Gasteiger partial charge in [0, 0.05) is 0 Å². The molecule has 4 fully saturated rings. The fourth-order valence-electron chi connectivity index (χ4n) is 7.93. The van der Waals surface area contributed by atoms with Crippen LogP contribution in [0.2, 0.25) is 0 Å². The summed E-state index contributed by atoms with van der Waals surface area (Å²) in [6, 6.07) is 0. The van der Waals surface area contributed by atoms with Crippen molar-refractivity contribution in [1.29, 1.82) is 0 Å². The molecule has 0 bridgehead atoms. The third-order valence-electron chi connectivity index (χ3n) is 9.11. The van der Waals surface area contributed by atoms with E-state index >= 15 is 0 Å². The average Bonchev–Trinajstić information content (AvgIpc) is 3.06. The molecule has 4 aliphatic rings. The Labute approximate surface area is 130 Å². The highest BCUT2D eigenvalue weighted by atomic mass is 16.3. The maximum absolute atomic E-state index is 10.9. The molecule has 1 nitrogen and oxygen atoms in total. The number of rotatable bonds is 1. The standard InChI is InChI=1S/C20H34O/c1-13(2)14-6-7-15-18(14,4)10-8-17(3)9-11-19(5,21)16-12-20(15,16)17/h13-16,21H,6-12H2,1-5H3/t14-,15-,16?,17+,18-,19-,20?/m1/s1. The first-order chi connectivity index (χ1) is 9.67. The molecule has 4 rings (SSSR count). The molecule has 0 saturated heterocycles. The van der Waals surface area contributed by atoms with E-state index in [1.54, 1.807) is 0 Å². The lowest BCUT2D eigenvalue weighted by Gasteiger charge is -2.59. The molecule has 1 N–H and O–H groups in total. The summed E-state index contributed by atoms with van der Waals surface area (Å²) in [7, 11) is 0. The van der Waals surface area contributed by atoms with Crippen molar-refractivity contribution in [3.05, 3.63) is 0 Å². The van der Waals surface area contributed by atoms with Gasteiger partial charge in [0.1, 0.15) is 0 Å². The van der Waals surface area contributed by atoms with Crippen molar-refractivity contribution in [2.24, 2.45) is 39.9 Å². The van der Waals surface area contributed by atoms with Gasteiger partial charge in [0.2, 0.25) is 0 Å². The van der Waals surface area contributed by atoms with Crippen molar-refractivity contribution in [3.8, 4) is 0 Å². The van der Waals surface area contributed by atoms with Crippen molar-refractivity contribution < 1.29 is 5.11 Å². The van der Waals surface area contributed by atoms with E-state index < -0.39 is 0 Å². The number of fused-ring (bicyclic) bond motifs is 1. The molecular formula is C20H34O. The van der Waals surface area contributed by atoms with E-state index in [9.17, 15) is 5.11 Å². The van der Waals surface area contributed by atoms with E-state index in [2.05, 4.69) is 34.6 Å². The Kier molecular flexibility index (Phi) is 2.69. The van der Waals surface area contributed by atoms with E-state index in [1.807, 2.05) is 0 Å². The molecule has 0 amide bonds. The predicted octanol–water partition coefficient (Wildman–Crippen LogP) is 5.03. The van der Waals surface area contributed by atoms with Crippen LogP contribution >= 0.6 is 0 Å². The number of aliphatic hydroxyl groups is 1. The first kappa shape index (κ1) is 14.5. The molecule has 0 aromatic rings. The van der Waals surface area contributed by atoms with Gasteiger partial charge in [-0.25, -0.2) is 0 Å². The van der Waals surface area contributed by atoms with Crippen LogP contribution in [0.4, 0.5) is 0 Å². The zero-order valence-corrected chi connectivity index (χ0v) is 14.7. The van der Waals surface area contributed by atoms with E-state index in [4.69, 9.17) is 0 Å². The van der Waals surface area contributed by atoms with Crippen molar-refractivity contribution in [2.45, 2.75) is 85.2 Å². The van der Waals surface area contributed by atoms with E-state index in [0.29, 0.717) is 22.2 Å². The topological polar surface area (TPSA) is 20.2 Å². The van der Waals surface area contributed by atoms with Crippen LogP contribution in [0.15, 0.2) is 0 Å². The summed E-state index contributed by atoms with van der Waals surface area (Å²) in [5.74, 6) is 3.21. The van der Waals surface area contributed by atoms with Gasteiger partial charge in [-0.15, -0.1) is 0 Å². The molecule has 21 heavy (non-hydrogen) atoms. The van der Waals surface area contributed by atoms with Crippen LogP contribution in [0.3, 0.4) is 0 Å². The maximum atomic E-state index is 10.9. The molecule has 7 atom stereocenters. The minimum absolute atomic E-state index is 0.381. The summed E-state index contributed by atoms with van der Waals surface area (Å²) >= 11 is 0. The molecule has 4 saturated carbocycles. The fourth-order valence-corrected chi connectivity index (χ4v) is 7.93. The van der Waals surface area contributed by atoms with Gasteiger partial charge >= 0.3 is 0 Å². The van der Waals surface area contributed by atoms with Crippen LogP contribution in [0.5, 0.6) is 0 Å². The maximum Gasteiger partial charge on any atom is 0.0653 e. The lowest BCUT2D eigenvalue weighted by Crippen LogP contribution is -2.54. The van der Waals surface area contributed by atoms with Crippen LogP contribution in [0.1, 0.15) is 79.6 Å². The van der Waals surface area contributed by atoms with E-state index in [0.717, 1.165) is 24.2 Å². The Balaban J connectivity index is 1.75. The molecule has 2 unspecified atom stereocenters. The van der Waals surface area contributed by atoms with Gasteiger partial charge in [-0.1, -0.05) is 27.7 Å². The summed E-state index contributed by atoms with van der Waals surface area (Å²) < 4.78 is 0. The molecule has 0 heterocycles. The van der Waals surface area contributed by atoms with Crippen molar-refractivity contribution >= 4 is 0 Å². The van der Waals surface area contributed by atoms with Gasteiger partial charge < -0.3 is 5.11 Å². The Bertz CT molecular complexity index is 466. The van der Waals surface area contributed by atoms with Gasteiger partial charge in [0.15, 0.2) is 0 Å². The van der Waals surface area contributed by atoms with Crippen molar-refractivity contribution in [1.82, 2.24) is 0 Å². The van der Waals surface area contributed by atoms with Crippen molar-refractivity contribution in [2.75, 3.05) is 0 Å². The number of hydrogen-bond donors (Lipinski definition) is 1.